The van der Waals surface area contributed by atoms with Crippen molar-refractivity contribution in [3.05, 3.63) is 35.4 Å². The Labute approximate surface area is 109 Å². The van der Waals surface area contributed by atoms with Crippen molar-refractivity contribution in [1.82, 2.24) is 9.55 Å². The van der Waals surface area contributed by atoms with Crippen LogP contribution in [0.5, 0.6) is 0 Å². The maximum Gasteiger partial charge on any atom is 0.351 e. The predicted octanol–water partition coefficient (Wildman–Crippen LogP) is 0.390. The summed E-state index contributed by atoms with van der Waals surface area (Å²) in [4.78, 5) is 15.2. The van der Waals surface area contributed by atoms with Gasteiger partial charge in [0.05, 0.1) is 6.61 Å². The molecule has 6 nitrogen and oxygen atoms in total. The molecule has 0 aliphatic carbocycles. The number of aliphatic hydroxyl groups is 1. The van der Waals surface area contributed by atoms with Gasteiger partial charge in [0.1, 0.15) is 17.6 Å². The zero-order valence-corrected chi connectivity index (χ0v) is 10.3. The van der Waals surface area contributed by atoms with Gasteiger partial charge in [0.25, 0.3) is 0 Å². The fraction of sp³-hybridized carbons (Fsp3) is 0.500. The maximum atomic E-state index is 14.1. The van der Waals surface area contributed by atoms with Crippen LogP contribution in [0.15, 0.2) is 29.7 Å². The average Bonchev–Trinajstić information content (AvgIpc) is 2.68. The van der Waals surface area contributed by atoms with Crippen LogP contribution in [0.1, 0.15) is 19.1 Å². The zero-order valence-electron chi connectivity index (χ0n) is 10.3. The fourth-order valence-electron chi connectivity index (χ4n) is 2.25. The molecule has 3 atom stereocenters. The predicted molar refractivity (Wildman–Crippen MR) is 67.2 cm³/mol. The Bertz CT molecular complexity index is 533. The molecule has 0 aromatic carbocycles. The SMILES string of the molecule is C=CCC1(CO)CC(F)C(n2ccc(N)nc2=O)O1. The summed E-state index contributed by atoms with van der Waals surface area (Å²) >= 11 is 0. The summed E-state index contributed by atoms with van der Waals surface area (Å²) in [7, 11) is 0. The Morgan fingerprint density at radius 1 is 1.79 bits per heavy atom. The molecule has 3 N–H and O–H groups in total. The number of anilines is 1. The summed E-state index contributed by atoms with van der Waals surface area (Å²) in [6, 6.07) is 1.39. The minimum atomic E-state index is -1.41. The number of hydrogen-bond donors (Lipinski definition) is 2. The standard InChI is InChI=1S/C12H16FN3O3/c1-2-4-12(7-17)6-8(13)10(19-12)16-5-3-9(14)15-11(16)18/h2-3,5,8,10,17H,1,4,6-7H2,(H2,14,15,18). The normalized spacial score (nSPS) is 30.4. The molecule has 0 amide bonds. The molecule has 0 spiro atoms. The van der Waals surface area contributed by atoms with Crippen molar-refractivity contribution >= 4 is 5.82 Å². The number of nitrogen functional groups attached to an aromatic ring is 1. The van der Waals surface area contributed by atoms with Gasteiger partial charge in [-0.05, 0) is 12.5 Å². The topological polar surface area (TPSA) is 90.4 Å². The lowest BCUT2D eigenvalue weighted by atomic mass is 9.96. The van der Waals surface area contributed by atoms with Crippen molar-refractivity contribution in [2.24, 2.45) is 0 Å². The first-order valence-electron chi connectivity index (χ1n) is 5.90. The van der Waals surface area contributed by atoms with Crippen molar-refractivity contribution in [2.45, 2.75) is 30.8 Å². The van der Waals surface area contributed by atoms with Gasteiger partial charge in [-0.1, -0.05) is 6.08 Å². The molecule has 1 aromatic rings. The van der Waals surface area contributed by atoms with Crippen molar-refractivity contribution in [3.63, 3.8) is 0 Å². The van der Waals surface area contributed by atoms with Crippen molar-refractivity contribution < 1.29 is 14.2 Å². The van der Waals surface area contributed by atoms with Crippen LogP contribution < -0.4 is 11.4 Å². The molecule has 1 aromatic heterocycles. The number of nitrogens with two attached hydrogens (primary N) is 1. The van der Waals surface area contributed by atoms with Gasteiger partial charge in [0.15, 0.2) is 6.23 Å². The highest BCUT2D eigenvalue weighted by Crippen LogP contribution is 2.40. The number of halogens is 1. The van der Waals surface area contributed by atoms with Crippen LogP contribution in [-0.4, -0.2) is 33.0 Å². The van der Waals surface area contributed by atoms with E-state index >= 15 is 0 Å². The van der Waals surface area contributed by atoms with Gasteiger partial charge < -0.3 is 15.6 Å². The summed E-state index contributed by atoms with van der Waals surface area (Å²) in [6.07, 6.45) is 0.676. The van der Waals surface area contributed by atoms with Crippen LogP contribution in [-0.2, 0) is 4.74 Å². The van der Waals surface area contributed by atoms with E-state index in [0.29, 0.717) is 6.42 Å². The molecule has 104 valence electrons. The summed E-state index contributed by atoms with van der Waals surface area (Å²) in [5.74, 6) is 0.0640. The molecule has 0 radical (unpaired) electrons. The van der Waals surface area contributed by atoms with Crippen molar-refractivity contribution in [1.29, 1.82) is 0 Å². The number of hydrogen-bond acceptors (Lipinski definition) is 5. The second-order valence-electron chi connectivity index (χ2n) is 4.60. The van der Waals surface area contributed by atoms with E-state index in [0.717, 1.165) is 4.57 Å². The molecular weight excluding hydrogens is 253 g/mol. The minimum Gasteiger partial charge on any atom is -0.393 e. The molecule has 0 bridgehead atoms. The molecule has 7 heteroatoms. The van der Waals surface area contributed by atoms with Gasteiger partial charge in [-0.2, -0.15) is 4.98 Å². The molecule has 0 saturated carbocycles. The average molecular weight is 269 g/mol. The van der Waals surface area contributed by atoms with Crippen LogP contribution >= 0.6 is 0 Å². The van der Waals surface area contributed by atoms with E-state index in [4.69, 9.17) is 10.5 Å². The first kappa shape index (κ1) is 13.7. The molecule has 19 heavy (non-hydrogen) atoms. The third kappa shape index (κ3) is 2.52. The lowest BCUT2D eigenvalue weighted by Crippen LogP contribution is -2.34. The number of alkyl halides is 1. The van der Waals surface area contributed by atoms with E-state index in [1.807, 2.05) is 0 Å². The van der Waals surface area contributed by atoms with E-state index in [2.05, 4.69) is 11.6 Å². The molecule has 1 aliphatic rings. The Morgan fingerprint density at radius 2 is 2.53 bits per heavy atom. The lowest BCUT2D eigenvalue weighted by molar-refractivity contribution is -0.103. The molecule has 1 fully saturated rings. The summed E-state index contributed by atoms with van der Waals surface area (Å²) < 4.78 is 20.7. The van der Waals surface area contributed by atoms with Gasteiger partial charge in [-0.15, -0.1) is 6.58 Å². The number of nitrogens with zero attached hydrogens (tertiary/aromatic N) is 2. The van der Waals surface area contributed by atoms with Crippen LogP contribution in [0.25, 0.3) is 0 Å². The zero-order chi connectivity index (χ0) is 14.0. The van der Waals surface area contributed by atoms with Crippen LogP contribution in [0.4, 0.5) is 10.2 Å². The Morgan fingerprint density at radius 3 is 3.11 bits per heavy atom. The van der Waals surface area contributed by atoms with E-state index in [-0.39, 0.29) is 18.8 Å². The highest BCUT2D eigenvalue weighted by molar-refractivity contribution is 5.23. The first-order valence-corrected chi connectivity index (χ1v) is 5.90. The molecule has 1 aliphatic heterocycles. The van der Waals surface area contributed by atoms with E-state index in [9.17, 15) is 14.3 Å². The molecule has 2 heterocycles. The number of ether oxygens (including phenoxy) is 1. The van der Waals surface area contributed by atoms with Crippen molar-refractivity contribution in [2.75, 3.05) is 12.3 Å². The number of rotatable bonds is 4. The van der Waals surface area contributed by atoms with Gasteiger partial charge in [-0.3, -0.25) is 4.57 Å². The maximum absolute atomic E-state index is 14.1. The molecule has 3 unspecified atom stereocenters. The molecule has 1 saturated heterocycles. The smallest absolute Gasteiger partial charge is 0.351 e. The van der Waals surface area contributed by atoms with Crippen LogP contribution in [0, 0.1) is 0 Å². The number of aliphatic hydroxyl groups excluding tert-OH is 1. The highest BCUT2D eigenvalue weighted by atomic mass is 19.1. The molecule has 2 rings (SSSR count). The van der Waals surface area contributed by atoms with Gasteiger partial charge in [0.2, 0.25) is 0 Å². The second-order valence-corrected chi connectivity index (χ2v) is 4.60. The lowest BCUT2D eigenvalue weighted by Gasteiger charge is -2.25. The number of aromatic nitrogens is 2. The van der Waals surface area contributed by atoms with Gasteiger partial charge in [-0.25, -0.2) is 9.18 Å². The van der Waals surface area contributed by atoms with E-state index < -0.39 is 23.7 Å². The van der Waals surface area contributed by atoms with E-state index in [1.54, 1.807) is 6.08 Å². The van der Waals surface area contributed by atoms with Gasteiger partial charge >= 0.3 is 5.69 Å². The summed E-state index contributed by atoms with van der Waals surface area (Å²) in [5.41, 5.74) is 3.66. The van der Waals surface area contributed by atoms with Gasteiger partial charge in [0, 0.05) is 12.6 Å². The second kappa shape index (κ2) is 5.10. The largest absolute Gasteiger partial charge is 0.393 e. The Balaban J connectivity index is 2.31. The fourth-order valence-corrected chi connectivity index (χ4v) is 2.25. The molecular formula is C12H16FN3O3. The highest BCUT2D eigenvalue weighted by Gasteiger charge is 2.47. The Hall–Kier alpha value is -1.73. The third-order valence-corrected chi connectivity index (χ3v) is 3.18. The quantitative estimate of drug-likeness (QED) is 0.772. The minimum absolute atomic E-state index is 0.00297. The van der Waals surface area contributed by atoms with Crippen LogP contribution in [0.2, 0.25) is 0 Å². The monoisotopic (exact) mass is 269 g/mol. The third-order valence-electron chi connectivity index (χ3n) is 3.18. The van der Waals surface area contributed by atoms with Crippen LogP contribution in [0.3, 0.4) is 0 Å². The summed E-state index contributed by atoms with van der Waals surface area (Å²) in [6.45, 7) is 3.22. The Kier molecular flexibility index (Phi) is 3.68. The first-order chi connectivity index (χ1) is 9.01. The van der Waals surface area contributed by atoms with Crippen molar-refractivity contribution in [3.8, 4) is 0 Å². The summed E-state index contributed by atoms with van der Waals surface area (Å²) in [5, 5.41) is 9.38. The van der Waals surface area contributed by atoms with E-state index in [1.165, 1.54) is 12.3 Å².